The highest BCUT2D eigenvalue weighted by molar-refractivity contribution is 7.80. The Hall–Kier alpha value is -8.29. The van der Waals surface area contributed by atoms with Crippen molar-refractivity contribution in [1.29, 1.82) is 0 Å². The van der Waals surface area contributed by atoms with Crippen molar-refractivity contribution in [3.05, 3.63) is 0 Å². The quantitative estimate of drug-likeness (QED) is 0.0200. The molecule has 3 saturated heterocycles. The van der Waals surface area contributed by atoms with Gasteiger partial charge in [-0.3, -0.25) is 71.9 Å². The predicted octanol–water partition coefficient (Wildman–Crippen LogP) is -5.58. The molecule has 0 aliphatic carbocycles. The second-order valence-corrected chi connectivity index (χ2v) is 25.8. The summed E-state index contributed by atoms with van der Waals surface area (Å²) in [4.78, 5) is 214. The largest absolute Gasteiger partial charge is 0.481 e. The van der Waals surface area contributed by atoms with Crippen molar-refractivity contribution in [2.24, 2.45) is 23.3 Å². The molecule has 20 N–H and O–H groups in total. The van der Waals surface area contributed by atoms with E-state index in [0.717, 1.165) is 11.3 Å². The summed E-state index contributed by atoms with van der Waals surface area (Å²) >= 11 is 3.87. The van der Waals surface area contributed by atoms with Gasteiger partial charge in [-0.2, -0.15) is 12.6 Å². The molecule has 3 aliphatic heterocycles. The smallest absolute Gasteiger partial charge is 0.327 e. The van der Waals surface area contributed by atoms with Crippen LogP contribution in [0.5, 0.6) is 0 Å². The summed E-state index contributed by atoms with van der Waals surface area (Å²) in [6.07, 6.45) is 0.737. The van der Waals surface area contributed by atoms with E-state index < -0.39 is 200 Å². The number of carbonyl (C=O) groups excluding carboxylic acids is 13. The molecule has 0 aromatic carbocycles. The Balaban J connectivity index is 1.74. The first-order valence-corrected chi connectivity index (χ1v) is 34.4. The zero-order chi connectivity index (χ0) is 74.1. The topological polar surface area (TPSA) is 557 Å². The van der Waals surface area contributed by atoms with Gasteiger partial charge in [0.2, 0.25) is 76.8 Å². The number of hydrogen-bond acceptors (Lipinski definition) is 21. The number of rotatable bonds is 45. The zero-order valence-electron chi connectivity index (χ0n) is 57.0. The monoisotopic (exact) mass is 1420 g/mol. The Labute approximate surface area is 580 Å². The Morgan fingerprint density at radius 1 is 0.465 bits per heavy atom. The number of thiol groups is 1. The van der Waals surface area contributed by atoms with Crippen LogP contribution in [0.25, 0.3) is 0 Å². The number of carboxylic acid groups (broad SMARTS) is 3. The Bertz CT molecular complexity index is 2810. The number of nitrogens with two attached hydrogens (primary N) is 2. The lowest BCUT2D eigenvalue weighted by Crippen LogP contribution is -2.61. The van der Waals surface area contributed by atoms with Crippen LogP contribution in [0.2, 0.25) is 0 Å². The van der Waals surface area contributed by atoms with Crippen molar-refractivity contribution >= 4 is 107 Å². The Kier molecular flexibility index (Phi) is 37.7. The minimum atomic E-state index is -1.77. The van der Waals surface area contributed by atoms with Crippen LogP contribution in [-0.2, 0) is 76.7 Å². The summed E-state index contributed by atoms with van der Waals surface area (Å²) in [5, 5.41) is 69.6. The van der Waals surface area contributed by atoms with E-state index in [1.165, 1.54) is 11.8 Å². The number of carbonyl (C=O) groups is 16. The van der Waals surface area contributed by atoms with Gasteiger partial charge in [0.25, 0.3) is 0 Å². The van der Waals surface area contributed by atoms with Gasteiger partial charge in [0.15, 0.2) is 0 Å². The first-order valence-electron chi connectivity index (χ1n) is 33.8. The average molecular weight is 1430 g/mol. The first kappa shape index (κ1) is 84.9. The van der Waals surface area contributed by atoms with Gasteiger partial charge in [0.1, 0.15) is 66.5 Å². The van der Waals surface area contributed by atoms with Crippen molar-refractivity contribution in [3.63, 3.8) is 0 Å². The highest BCUT2D eigenvalue weighted by Gasteiger charge is 2.43. The first-order chi connectivity index (χ1) is 46.9. The molecule has 0 bridgehead atoms. The number of hydrogen-bond donors (Lipinski definition) is 19. The molecule has 13 amide bonds. The standard InChI is InChI=1S/C62H104N16O20S/c1-33(2)49(76-59(94)50(34(3)4)75-53(88)36-15-10-26-65-36)58(93)68-35(5)51(86)70-39(19-21-48(84)85)55(90)74-41(31-79)61(96)78-30-12-17-44(78)56(91)71-37(13-6-8-24-63)54(89)73-40(14-7-9-25-64)60(95)77-29-11-16-43(77)57(92)72-38(18-20-47(82)83)52(87)67-28-22-45(80)66-27-23-46(81)69-42(32-99)62(97)98/h33-44,49-50,65,79,99H,6-32,63-64H2,1-5H3,(H,66,80)(H,67,87)(H,68,93)(H,69,81)(H,70,86)(H,71,91)(H,72,92)(H,73,89)(H,74,90)(H,75,88)(H,76,94)(H,82,83)(H,84,85)(H,97,98)/t35-,36-,37-,38-,39-,40-,41-,42-,43-,44-,49-,50-/m0/s1. The molecule has 3 heterocycles. The molecule has 0 aromatic heterocycles. The second-order valence-electron chi connectivity index (χ2n) is 25.4. The van der Waals surface area contributed by atoms with Gasteiger partial charge in [-0.05, 0) is 128 Å². The zero-order valence-corrected chi connectivity index (χ0v) is 57.9. The van der Waals surface area contributed by atoms with Gasteiger partial charge in [0.05, 0.1) is 12.6 Å². The molecule has 0 radical (unpaired) electrons. The summed E-state index contributed by atoms with van der Waals surface area (Å²) in [6.45, 7) is 7.51. The average Bonchev–Trinajstić information content (AvgIpc) is 1.76. The van der Waals surface area contributed by atoms with Crippen LogP contribution in [0.1, 0.15) is 150 Å². The van der Waals surface area contributed by atoms with Gasteiger partial charge in [-0.25, -0.2) is 4.79 Å². The molecular weight excluding hydrogens is 1320 g/mol. The van der Waals surface area contributed by atoms with Crippen LogP contribution in [-0.4, -0.2) is 256 Å². The van der Waals surface area contributed by atoms with Crippen LogP contribution < -0.4 is 75.3 Å². The van der Waals surface area contributed by atoms with Crippen molar-refractivity contribution in [1.82, 2.24) is 73.6 Å². The molecule has 558 valence electrons. The van der Waals surface area contributed by atoms with E-state index in [1.54, 1.807) is 27.7 Å². The molecule has 12 atom stereocenters. The third-order valence-corrected chi connectivity index (χ3v) is 17.3. The van der Waals surface area contributed by atoms with Gasteiger partial charge in [0, 0.05) is 57.6 Å². The lowest BCUT2D eigenvalue weighted by molar-refractivity contribution is -0.144. The normalized spacial score (nSPS) is 18.5. The number of amides is 13. The summed E-state index contributed by atoms with van der Waals surface area (Å²) in [5.41, 5.74) is 11.6. The maximum absolute atomic E-state index is 14.6. The lowest BCUT2D eigenvalue weighted by Gasteiger charge is -2.32. The van der Waals surface area contributed by atoms with Crippen LogP contribution in [0.4, 0.5) is 0 Å². The maximum atomic E-state index is 14.6. The maximum Gasteiger partial charge on any atom is 0.327 e. The van der Waals surface area contributed by atoms with Crippen molar-refractivity contribution in [3.8, 4) is 0 Å². The minimum Gasteiger partial charge on any atom is -0.481 e. The number of aliphatic hydroxyl groups excluding tert-OH is 1. The van der Waals surface area contributed by atoms with E-state index in [0.29, 0.717) is 45.1 Å². The molecule has 36 nitrogen and oxygen atoms in total. The molecule has 0 spiro atoms. The highest BCUT2D eigenvalue weighted by atomic mass is 32.1. The fraction of sp³-hybridized carbons (Fsp3) is 0.742. The van der Waals surface area contributed by atoms with Gasteiger partial charge in [-0.1, -0.05) is 27.7 Å². The fourth-order valence-corrected chi connectivity index (χ4v) is 11.5. The molecule has 0 saturated carbocycles. The van der Waals surface area contributed by atoms with Gasteiger partial charge < -0.3 is 105 Å². The van der Waals surface area contributed by atoms with E-state index in [-0.39, 0.29) is 102 Å². The summed E-state index contributed by atoms with van der Waals surface area (Å²) in [7, 11) is 0. The fourth-order valence-electron chi connectivity index (χ4n) is 11.3. The van der Waals surface area contributed by atoms with Crippen molar-refractivity contribution in [2.75, 3.05) is 58.2 Å². The molecule has 0 unspecified atom stereocenters. The molecule has 3 aliphatic rings. The molecule has 3 fully saturated rings. The van der Waals surface area contributed by atoms with Gasteiger partial charge in [-0.15, -0.1) is 0 Å². The number of aliphatic carboxylic acids is 3. The Morgan fingerprint density at radius 2 is 0.929 bits per heavy atom. The number of carboxylic acids is 3. The van der Waals surface area contributed by atoms with Crippen molar-refractivity contribution in [2.45, 2.75) is 223 Å². The molecular formula is C62H104N16O20S. The number of nitrogens with zero attached hydrogens (tertiary/aromatic N) is 2. The third kappa shape index (κ3) is 28.8. The Morgan fingerprint density at radius 3 is 1.41 bits per heavy atom. The number of likely N-dealkylation sites (tertiary alicyclic amines) is 2. The molecule has 37 heteroatoms. The van der Waals surface area contributed by atoms with E-state index in [4.69, 9.17) is 16.6 Å². The minimum absolute atomic E-state index is 0.0125. The highest BCUT2D eigenvalue weighted by Crippen LogP contribution is 2.23. The number of nitrogens with one attached hydrogen (secondary N) is 12. The number of aliphatic hydroxyl groups is 1. The van der Waals surface area contributed by atoms with Crippen LogP contribution in [0.3, 0.4) is 0 Å². The van der Waals surface area contributed by atoms with E-state index in [9.17, 15) is 92.0 Å². The molecule has 99 heavy (non-hydrogen) atoms. The van der Waals surface area contributed by atoms with Crippen LogP contribution in [0.15, 0.2) is 0 Å². The summed E-state index contributed by atoms with van der Waals surface area (Å²) in [6, 6.07) is -15.4. The van der Waals surface area contributed by atoms with E-state index in [2.05, 4.69) is 76.4 Å². The van der Waals surface area contributed by atoms with Gasteiger partial charge >= 0.3 is 17.9 Å². The van der Waals surface area contributed by atoms with E-state index in [1.807, 2.05) is 0 Å². The lowest BCUT2D eigenvalue weighted by atomic mass is 9.99. The third-order valence-electron chi connectivity index (χ3n) is 16.9. The van der Waals surface area contributed by atoms with Crippen LogP contribution >= 0.6 is 12.6 Å². The summed E-state index contributed by atoms with van der Waals surface area (Å²) in [5.74, 6) is -15.2. The molecule has 3 rings (SSSR count). The van der Waals surface area contributed by atoms with Crippen molar-refractivity contribution < 1.29 is 97.1 Å². The molecule has 0 aromatic rings. The van der Waals surface area contributed by atoms with Crippen LogP contribution in [0, 0.1) is 11.8 Å². The van der Waals surface area contributed by atoms with E-state index >= 15 is 0 Å². The second kappa shape index (κ2) is 44.0. The SMILES string of the molecule is CC(C)[C@H](NC(=O)[C@@H]1CCCN1)C(=O)N[C@H](C(=O)N[C@@H](C)C(=O)N[C@@H](CCC(=O)O)C(=O)N[C@@H](CO)C(=O)N1CCC[C@H]1C(=O)N[C@@H](CCCCN)C(=O)N[C@@H](CCCCN)C(=O)N1CCC[C@H]1C(=O)N[C@@H](CCC(=O)O)C(=O)NCCC(=O)NCCC(=O)N[C@@H](CS)C(=O)O)C(C)C. The number of unbranched alkanes of at least 4 members (excludes halogenated alkanes) is 2. The summed E-state index contributed by atoms with van der Waals surface area (Å²) < 4.78 is 0. The predicted molar refractivity (Wildman–Crippen MR) is 357 cm³/mol.